The maximum absolute atomic E-state index is 6.02. The summed E-state index contributed by atoms with van der Waals surface area (Å²) >= 11 is 0. The highest BCUT2D eigenvalue weighted by Crippen LogP contribution is 2.37. The van der Waals surface area contributed by atoms with Gasteiger partial charge < -0.3 is 15.4 Å². The van der Waals surface area contributed by atoms with Gasteiger partial charge in [0.25, 0.3) is 0 Å². The van der Waals surface area contributed by atoms with E-state index in [4.69, 9.17) is 10.5 Å². The SMILES string of the molecule is CCN(CC)CCCN1Cc2c(OC)cccc2C1CN. The maximum Gasteiger partial charge on any atom is 0.123 e. The number of ether oxygens (including phenoxy) is 1. The lowest BCUT2D eigenvalue weighted by atomic mass is 10.0. The molecule has 0 radical (unpaired) electrons. The van der Waals surface area contributed by atoms with Crippen molar-refractivity contribution < 1.29 is 4.74 Å². The predicted molar refractivity (Wildman–Crippen MR) is 87.6 cm³/mol. The third-order valence-electron chi connectivity index (χ3n) is 4.59. The van der Waals surface area contributed by atoms with Crippen LogP contribution in [0.2, 0.25) is 0 Å². The van der Waals surface area contributed by atoms with Crippen molar-refractivity contribution in [2.75, 3.05) is 39.8 Å². The summed E-state index contributed by atoms with van der Waals surface area (Å²) in [6, 6.07) is 6.65. The lowest BCUT2D eigenvalue weighted by Crippen LogP contribution is -2.32. The summed E-state index contributed by atoms with van der Waals surface area (Å²) in [5.41, 5.74) is 8.69. The molecule has 1 aromatic rings. The monoisotopic (exact) mass is 291 g/mol. The van der Waals surface area contributed by atoms with Crippen LogP contribution in [-0.2, 0) is 6.54 Å². The van der Waals surface area contributed by atoms with Crippen molar-refractivity contribution in [3.8, 4) is 5.75 Å². The van der Waals surface area contributed by atoms with Crippen LogP contribution in [0.4, 0.5) is 0 Å². The molecule has 1 aliphatic heterocycles. The van der Waals surface area contributed by atoms with Crippen LogP contribution in [0, 0.1) is 0 Å². The van der Waals surface area contributed by atoms with E-state index in [1.165, 1.54) is 17.5 Å². The number of fused-ring (bicyclic) bond motifs is 1. The van der Waals surface area contributed by atoms with Gasteiger partial charge in [0.2, 0.25) is 0 Å². The van der Waals surface area contributed by atoms with Gasteiger partial charge in [-0.05, 0) is 37.7 Å². The van der Waals surface area contributed by atoms with Crippen molar-refractivity contribution in [1.82, 2.24) is 9.80 Å². The van der Waals surface area contributed by atoms with E-state index >= 15 is 0 Å². The summed E-state index contributed by atoms with van der Waals surface area (Å²) in [7, 11) is 1.75. The standard InChI is InChI=1S/C17H29N3O/c1-4-19(5-2)10-7-11-20-13-15-14(16(20)12-18)8-6-9-17(15)21-3/h6,8-9,16H,4-5,7,10-13,18H2,1-3H3. The van der Waals surface area contributed by atoms with Crippen LogP contribution >= 0.6 is 0 Å². The lowest BCUT2D eigenvalue weighted by molar-refractivity contribution is 0.198. The minimum absolute atomic E-state index is 0.340. The summed E-state index contributed by atoms with van der Waals surface area (Å²) in [6.07, 6.45) is 1.19. The Labute approximate surface area is 128 Å². The fourth-order valence-corrected chi connectivity index (χ4v) is 3.31. The van der Waals surface area contributed by atoms with Crippen molar-refractivity contribution in [2.24, 2.45) is 5.73 Å². The highest BCUT2D eigenvalue weighted by atomic mass is 16.5. The molecule has 1 aliphatic rings. The second kappa shape index (κ2) is 7.78. The summed E-state index contributed by atoms with van der Waals surface area (Å²) in [5, 5.41) is 0. The van der Waals surface area contributed by atoms with E-state index in [0.29, 0.717) is 12.6 Å². The number of benzene rings is 1. The van der Waals surface area contributed by atoms with Crippen LogP contribution in [0.5, 0.6) is 5.75 Å². The van der Waals surface area contributed by atoms with E-state index in [2.05, 4.69) is 35.8 Å². The third kappa shape index (κ3) is 3.57. The number of rotatable bonds is 8. The van der Waals surface area contributed by atoms with Crippen LogP contribution in [0.15, 0.2) is 18.2 Å². The Bertz CT molecular complexity index is 446. The van der Waals surface area contributed by atoms with Gasteiger partial charge in [-0.3, -0.25) is 4.90 Å². The molecule has 0 saturated carbocycles. The molecule has 0 bridgehead atoms. The van der Waals surface area contributed by atoms with Crippen molar-refractivity contribution in [2.45, 2.75) is 32.9 Å². The molecule has 0 spiro atoms. The molecule has 0 saturated heterocycles. The summed E-state index contributed by atoms with van der Waals surface area (Å²) in [6.45, 7) is 10.6. The first kappa shape index (κ1) is 16.3. The Kier molecular flexibility index (Phi) is 6.03. The molecule has 118 valence electrons. The molecule has 0 aromatic heterocycles. The first-order valence-corrected chi connectivity index (χ1v) is 8.07. The quantitative estimate of drug-likeness (QED) is 0.797. The molecular formula is C17H29N3O. The average Bonchev–Trinajstić information content (AvgIpc) is 2.88. The van der Waals surface area contributed by atoms with Gasteiger partial charge in [-0.1, -0.05) is 26.0 Å². The molecule has 0 fully saturated rings. The van der Waals surface area contributed by atoms with Gasteiger partial charge in [0.15, 0.2) is 0 Å². The number of hydrogen-bond acceptors (Lipinski definition) is 4. The smallest absolute Gasteiger partial charge is 0.123 e. The van der Waals surface area contributed by atoms with Gasteiger partial charge in [-0.15, -0.1) is 0 Å². The molecule has 0 amide bonds. The molecule has 1 unspecified atom stereocenters. The van der Waals surface area contributed by atoms with Crippen molar-refractivity contribution in [3.05, 3.63) is 29.3 Å². The summed E-state index contributed by atoms with van der Waals surface area (Å²) < 4.78 is 5.50. The predicted octanol–water partition coefficient (Wildman–Crippen LogP) is 2.24. The number of methoxy groups -OCH3 is 1. The van der Waals surface area contributed by atoms with E-state index in [1.807, 2.05) is 6.07 Å². The first-order valence-electron chi connectivity index (χ1n) is 8.07. The van der Waals surface area contributed by atoms with E-state index in [1.54, 1.807) is 7.11 Å². The Morgan fingerprint density at radius 1 is 1.33 bits per heavy atom. The van der Waals surface area contributed by atoms with Crippen LogP contribution in [0.3, 0.4) is 0 Å². The first-order chi connectivity index (χ1) is 10.2. The second-order valence-electron chi connectivity index (χ2n) is 5.63. The minimum atomic E-state index is 0.340. The van der Waals surface area contributed by atoms with E-state index < -0.39 is 0 Å². The maximum atomic E-state index is 6.02. The van der Waals surface area contributed by atoms with Gasteiger partial charge in [0.1, 0.15) is 5.75 Å². The van der Waals surface area contributed by atoms with Crippen molar-refractivity contribution in [1.29, 1.82) is 0 Å². The van der Waals surface area contributed by atoms with Crippen molar-refractivity contribution >= 4 is 0 Å². The molecule has 1 atom stereocenters. The topological polar surface area (TPSA) is 41.7 Å². The van der Waals surface area contributed by atoms with E-state index in [0.717, 1.165) is 38.5 Å². The van der Waals surface area contributed by atoms with E-state index in [-0.39, 0.29) is 0 Å². The molecule has 4 heteroatoms. The molecule has 4 nitrogen and oxygen atoms in total. The van der Waals surface area contributed by atoms with Crippen LogP contribution < -0.4 is 10.5 Å². The Morgan fingerprint density at radius 2 is 2.10 bits per heavy atom. The minimum Gasteiger partial charge on any atom is -0.496 e. The second-order valence-corrected chi connectivity index (χ2v) is 5.63. The third-order valence-corrected chi connectivity index (χ3v) is 4.59. The largest absolute Gasteiger partial charge is 0.496 e. The highest BCUT2D eigenvalue weighted by Gasteiger charge is 2.30. The zero-order chi connectivity index (χ0) is 15.2. The molecule has 2 rings (SSSR count). The average molecular weight is 291 g/mol. The Hall–Kier alpha value is -1.10. The number of nitrogens with two attached hydrogens (primary N) is 1. The van der Waals surface area contributed by atoms with Crippen molar-refractivity contribution in [3.63, 3.8) is 0 Å². The van der Waals surface area contributed by atoms with E-state index in [9.17, 15) is 0 Å². The zero-order valence-corrected chi connectivity index (χ0v) is 13.6. The molecule has 21 heavy (non-hydrogen) atoms. The fraction of sp³-hybridized carbons (Fsp3) is 0.647. The molecule has 1 heterocycles. The van der Waals surface area contributed by atoms with Gasteiger partial charge in [-0.25, -0.2) is 0 Å². The molecule has 2 N–H and O–H groups in total. The fourth-order valence-electron chi connectivity index (χ4n) is 3.31. The van der Waals surface area contributed by atoms with Crippen LogP contribution in [0.25, 0.3) is 0 Å². The molecule has 1 aromatic carbocycles. The van der Waals surface area contributed by atoms with Gasteiger partial charge in [0, 0.05) is 31.2 Å². The molecular weight excluding hydrogens is 262 g/mol. The Morgan fingerprint density at radius 3 is 2.71 bits per heavy atom. The molecule has 0 aliphatic carbocycles. The number of nitrogens with zero attached hydrogens (tertiary/aromatic N) is 2. The summed E-state index contributed by atoms with van der Waals surface area (Å²) in [5.74, 6) is 0.997. The Balaban J connectivity index is 2.00. The van der Waals surface area contributed by atoms with Crippen LogP contribution in [0.1, 0.15) is 37.4 Å². The highest BCUT2D eigenvalue weighted by molar-refractivity contribution is 5.44. The normalized spacial score (nSPS) is 18.2. The van der Waals surface area contributed by atoms with Gasteiger partial charge in [-0.2, -0.15) is 0 Å². The van der Waals surface area contributed by atoms with Gasteiger partial charge >= 0.3 is 0 Å². The zero-order valence-electron chi connectivity index (χ0n) is 13.6. The lowest BCUT2D eigenvalue weighted by Gasteiger charge is -2.25. The summed E-state index contributed by atoms with van der Waals surface area (Å²) in [4.78, 5) is 4.97. The van der Waals surface area contributed by atoms with Gasteiger partial charge in [0.05, 0.1) is 7.11 Å². The van der Waals surface area contributed by atoms with Crippen LogP contribution in [-0.4, -0.2) is 49.6 Å². The number of hydrogen-bond donors (Lipinski definition) is 1.